The number of fused-ring (bicyclic) bond motifs is 2. The van der Waals surface area contributed by atoms with E-state index >= 15 is 4.11 Å². The zero-order valence-electron chi connectivity index (χ0n) is 17.1. The van der Waals surface area contributed by atoms with Crippen molar-refractivity contribution in [1.29, 1.82) is 0 Å². The standard InChI is InChI=1S/C20H27FN2O5Si/c1-12-17(29(3,4)21)16(7-9-24)28-20(12)14-11-13(23-8-10-27-19(23)26)5-6-15(14)22(2)18(20)25/h5-6,11-12,16-17,24H,7-10H2,1-4H3/t12-,16+,17-,20+/m0/s1. The third-order valence-corrected chi connectivity index (χ3v) is 9.02. The van der Waals surface area contributed by atoms with Crippen LogP contribution in [0.15, 0.2) is 18.2 Å². The van der Waals surface area contributed by atoms with E-state index in [0.717, 1.165) is 0 Å². The average Bonchev–Trinajstić information content (AvgIpc) is 3.26. The molecule has 3 aliphatic rings. The van der Waals surface area contributed by atoms with Crippen molar-refractivity contribution in [2.45, 2.75) is 43.7 Å². The summed E-state index contributed by atoms with van der Waals surface area (Å²) >= 11 is 0. The number of carbonyl (C=O) groups is 2. The highest BCUT2D eigenvalue weighted by atomic mass is 28.4. The number of cyclic esters (lactones) is 1. The molecule has 1 spiro atoms. The molecule has 0 bridgehead atoms. The Kier molecular flexibility index (Phi) is 4.75. The van der Waals surface area contributed by atoms with E-state index < -0.39 is 37.7 Å². The number of aliphatic hydroxyl groups excluding tert-OH is 1. The first-order valence-electron chi connectivity index (χ1n) is 9.97. The van der Waals surface area contributed by atoms with Gasteiger partial charge in [-0.3, -0.25) is 9.69 Å². The molecule has 0 aliphatic carbocycles. The van der Waals surface area contributed by atoms with E-state index in [1.165, 1.54) is 4.90 Å². The van der Waals surface area contributed by atoms with Crippen LogP contribution < -0.4 is 9.80 Å². The number of rotatable bonds is 4. The summed E-state index contributed by atoms with van der Waals surface area (Å²) in [5.74, 6) is -0.632. The summed E-state index contributed by atoms with van der Waals surface area (Å²) in [6, 6.07) is 5.38. The molecular formula is C20H27FN2O5Si. The van der Waals surface area contributed by atoms with Crippen molar-refractivity contribution < 1.29 is 28.3 Å². The lowest BCUT2D eigenvalue weighted by Crippen LogP contribution is -2.44. The summed E-state index contributed by atoms with van der Waals surface area (Å²) in [4.78, 5) is 28.5. The molecule has 1 N–H and O–H groups in total. The molecule has 2 saturated heterocycles. The Labute approximate surface area is 170 Å². The Bertz CT molecular complexity index is 860. The highest BCUT2D eigenvalue weighted by Gasteiger charge is 2.66. The van der Waals surface area contributed by atoms with Crippen LogP contribution in [0.3, 0.4) is 0 Å². The van der Waals surface area contributed by atoms with E-state index in [-0.39, 0.29) is 18.9 Å². The maximum absolute atomic E-state index is 15.3. The number of nitrogens with zero attached hydrogens (tertiary/aromatic N) is 2. The Hall–Kier alpha value is -1.97. The quantitative estimate of drug-likeness (QED) is 0.596. The lowest BCUT2D eigenvalue weighted by Gasteiger charge is -2.31. The lowest BCUT2D eigenvalue weighted by atomic mass is 9.82. The number of carbonyl (C=O) groups excluding carboxylic acids is 2. The van der Waals surface area contributed by atoms with Gasteiger partial charge >= 0.3 is 6.09 Å². The molecule has 0 aromatic heterocycles. The topological polar surface area (TPSA) is 79.3 Å². The zero-order valence-corrected chi connectivity index (χ0v) is 18.1. The van der Waals surface area contributed by atoms with Gasteiger partial charge in [-0.25, -0.2) is 4.79 Å². The number of anilines is 2. The van der Waals surface area contributed by atoms with Crippen LogP contribution in [-0.4, -0.2) is 58.4 Å². The first-order chi connectivity index (χ1) is 13.6. The Morgan fingerprint density at radius 2 is 2.07 bits per heavy atom. The van der Waals surface area contributed by atoms with Crippen LogP contribution in [0.2, 0.25) is 18.6 Å². The number of ether oxygens (including phenoxy) is 2. The number of amides is 2. The van der Waals surface area contributed by atoms with Gasteiger partial charge in [0.25, 0.3) is 5.91 Å². The van der Waals surface area contributed by atoms with Gasteiger partial charge in [0.2, 0.25) is 8.41 Å². The summed E-state index contributed by atoms with van der Waals surface area (Å²) in [6.07, 6.45) is -0.683. The first kappa shape index (κ1) is 20.3. The molecule has 1 aromatic carbocycles. The zero-order chi connectivity index (χ0) is 21.1. The van der Waals surface area contributed by atoms with Crippen molar-refractivity contribution in [3.63, 3.8) is 0 Å². The maximum atomic E-state index is 15.3. The van der Waals surface area contributed by atoms with Crippen molar-refractivity contribution in [3.05, 3.63) is 23.8 Å². The van der Waals surface area contributed by atoms with Gasteiger partial charge in [0.1, 0.15) is 6.61 Å². The number of benzene rings is 1. The summed E-state index contributed by atoms with van der Waals surface area (Å²) in [6.45, 7) is 5.74. The van der Waals surface area contributed by atoms with E-state index in [1.807, 2.05) is 6.92 Å². The van der Waals surface area contributed by atoms with Crippen molar-refractivity contribution in [1.82, 2.24) is 0 Å². The van der Waals surface area contributed by atoms with E-state index in [1.54, 1.807) is 43.2 Å². The average molecular weight is 423 g/mol. The molecule has 3 aliphatic heterocycles. The normalized spacial score (nSPS) is 31.7. The Balaban J connectivity index is 1.84. The SMILES string of the molecule is C[C@H]1[C@H]([Si](C)(C)F)[C@@H](CCO)O[C@]12C(=O)N(C)c1ccc(N3CCOC3=O)cc12. The predicted octanol–water partition coefficient (Wildman–Crippen LogP) is 2.78. The highest BCUT2D eigenvalue weighted by molar-refractivity contribution is 6.72. The lowest BCUT2D eigenvalue weighted by molar-refractivity contribution is -0.145. The van der Waals surface area contributed by atoms with Crippen molar-refractivity contribution >= 4 is 31.8 Å². The Morgan fingerprint density at radius 3 is 2.66 bits per heavy atom. The number of halogens is 1. The molecule has 0 radical (unpaired) electrons. The van der Waals surface area contributed by atoms with Gasteiger partial charge in [0.15, 0.2) is 5.60 Å². The molecule has 0 saturated carbocycles. The molecule has 0 unspecified atom stereocenters. The summed E-state index contributed by atoms with van der Waals surface area (Å²) in [7, 11) is -1.51. The van der Waals surface area contributed by atoms with Gasteiger partial charge in [0, 0.05) is 36.4 Å². The molecule has 4 atom stereocenters. The van der Waals surface area contributed by atoms with Crippen LogP contribution in [0.4, 0.5) is 20.3 Å². The summed E-state index contributed by atoms with van der Waals surface area (Å²) in [5, 5.41) is 9.52. The van der Waals surface area contributed by atoms with Crippen LogP contribution in [-0.2, 0) is 19.9 Å². The van der Waals surface area contributed by atoms with Crippen LogP contribution >= 0.6 is 0 Å². The van der Waals surface area contributed by atoms with Crippen LogP contribution in [0, 0.1) is 5.92 Å². The molecule has 158 valence electrons. The van der Waals surface area contributed by atoms with Gasteiger partial charge in [0.05, 0.1) is 18.3 Å². The van der Waals surface area contributed by atoms with Crippen molar-refractivity contribution in [3.8, 4) is 0 Å². The van der Waals surface area contributed by atoms with Crippen molar-refractivity contribution in [2.24, 2.45) is 5.92 Å². The fraction of sp³-hybridized carbons (Fsp3) is 0.600. The summed E-state index contributed by atoms with van der Waals surface area (Å²) in [5.41, 5.74) is 0.227. The molecule has 9 heteroatoms. The Morgan fingerprint density at radius 1 is 1.34 bits per heavy atom. The van der Waals surface area contributed by atoms with Crippen molar-refractivity contribution in [2.75, 3.05) is 36.6 Å². The maximum Gasteiger partial charge on any atom is 0.414 e. The second-order valence-corrected chi connectivity index (χ2v) is 12.4. The van der Waals surface area contributed by atoms with Gasteiger partial charge in [-0.1, -0.05) is 6.92 Å². The molecule has 2 amide bonds. The van der Waals surface area contributed by atoms with Gasteiger partial charge in [-0.15, -0.1) is 0 Å². The number of hydrogen-bond donors (Lipinski definition) is 1. The van der Waals surface area contributed by atoms with E-state index in [9.17, 15) is 14.7 Å². The fourth-order valence-electron chi connectivity index (χ4n) is 5.33. The summed E-state index contributed by atoms with van der Waals surface area (Å²) < 4.78 is 26.7. The molecule has 3 heterocycles. The number of aliphatic hydroxyl groups is 1. The van der Waals surface area contributed by atoms with E-state index in [2.05, 4.69) is 0 Å². The highest BCUT2D eigenvalue weighted by Crippen LogP contribution is 2.60. The smallest absolute Gasteiger partial charge is 0.414 e. The fourth-order valence-corrected chi connectivity index (χ4v) is 7.88. The molecule has 1 aromatic rings. The van der Waals surface area contributed by atoms with Crippen LogP contribution in [0.1, 0.15) is 18.9 Å². The van der Waals surface area contributed by atoms with E-state index in [0.29, 0.717) is 30.1 Å². The molecule has 7 nitrogen and oxygen atoms in total. The van der Waals surface area contributed by atoms with Gasteiger partial charge in [-0.2, -0.15) is 0 Å². The second-order valence-electron chi connectivity index (χ2n) is 8.61. The van der Waals surface area contributed by atoms with E-state index in [4.69, 9.17) is 9.47 Å². The first-order valence-corrected chi connectivity index (χ1v) is 12.9. The third-order valence-electron chi connectivity index (χ3n) is 6.56. The third kappa shape index (κ3) is 2.82. The monoisotopic (exact) mass is 422 g/mol. The second kappa shape index (κ2) is 6.78. The van der Waals surface area contributed by atoms with Gasteiger partial charge in [-0.05, 0) is 37.7 Å². The minimum atomic E-state index is -3.20. The van der Waals surface area contributed by atoms with Crippen LogP contribution in [0.25, 0.3) is 0 Å². The molecule has 2 fully saturated rings. The number of hydrogen-bond acceptors (Lipinski definition) is 5. The van der Waals surface area contributed by atoms with Crippen LogP contribution in [0.5, 0.6) is 0 Å². The minimum absolute atomic E-state index is 0.134. The predicted molar refractivity (Wildman–Crippen MR) is 108 cm³/mol. The largest absolute Gasteiger partial charge is 0.447 e. The molecule has 4 rings (SSSR count). The molecular weight excluding hydrogens is 395 g/mol. The number of likely N-dealkylation sites (N-methyl/N-ethyl adjacent to an activating group) is 1. The molecule has 29 heavy (non-hydrogen) atoms. The van der Waals surface area contributed by atoms with Gasteiger partial charge < -0.3 is 23.6 Å². The minimum Gasteiger partial charge on any atom is -0.447 e.